The maximum atomic E-state index is 12.1. The molecule has 1 amide bonds. The average molecular weight is 337 g/mol. The van der Waals surface area contributed by atoms with E-state index in [4.69, 9.17) is 4.74 Å². The van der Waals surface area contributed by atoms with Crippen molar-refractivity contribution in [3.63, 3.8) is 0 Å². The molecule has 25 heavy (non-hydrogen) atoms. The Bertz CT molecular complexity index is 752. The Labute approximate surface area is 148 Å². The van der Waals surface area contributed by atoms with Gasteiger partial charge in [0.1, 0.15) is 5.75 Å². The molecule has 0 aromatic heterocycles. The van der Waals surface area contributed by atoms with Crippen molar-refractivity contribution in [1.82, 2.24) is 5.32 Å². The van der Waals surface area contributed by atoms with Gasteiger partial charge in [0.25, 0.3) is 0 Å². The van der Waals surface area contributed by atoms with Crippen LogP contribution >= 0.6 is 0 Å². The van der Waals surface area contributed by atoms with Gasteiger partial charge in [-0.1, -0.05) is 48.0 Å². The van der Waals surface area contributed by atoms with Gasteiger partial charge >= 0.3 is 0 Å². The normalized spacial score (nSPS) is 15.8. The van der Waals surface area contributed by atoms with E-state index in [1.165, 1.54) is 5.56 Å². The van der Waals surface area contributed by atoms with Crippen molar-refractivity contribution >= 4 is 11.7 Å². The highest BCUT2D eigenvalue weighted by atomic mass is 16.5. The fraction of sp³-hybridized carbons (Fsp3) is 0.333. The van der Waals surface area contributed by atoms with Gasteiger partial charge in [-0.05, 0) is 25.0 Å². The van der Waals surface area contributed by atoms with Crippen molar-refractivity contribution in [2.75, 3.05) is 13.2 Å². The predicted molar refractivity (Wildman–Crippen MR) is 96.9 cm³/mol. The molecule has 0 aliphatic carbocycles. The summed E-state index contributed by atoms with van der Waals surface area (Å²) in [6, 6.07) is 15.4. The lowest BCUT2D eigenvalue weighted by Crippen LogP contribution is -2.34. The molecular formula is C21H23NO3. The maximum absolute atomic E-state index is 12.1. The number of rotatable bonds is 6. The zero-order chi connectivity index (χ0) is 17.6. The van der Waals surface area contributed by atoms with Gasteiger partial charge in [-0.2, -0.15) is 0 Å². The molecule has 0 radical (unpaired) electrons. The lowest BCUT2D eigenvalue weighted by atomic mass is 9.96. The van der Waals surface area contributed by atoms with Crippen LogP contribution in [-0.2, 0) is 11.2 Å². The summed E-state index contributed by atoms with van der Waals surface area (Å²) in [6.45, 7) is 3.17. The van der Waals surface area contributed by atoms with Gasteiger partial charge in [-0.15, -0.1) is 0 Å². The number of ether oxygens (including phenoxy) is 1. The maximum Gasteiger partial charge on any atom is 0.220 e. The van der Waals surface area contributed by atoms with E-state index in [0.29, 0.717) is 18.7 Å². The summed E-state index contributed by atoms with van der Waals surface area (Å²) >= 11 is 0. The Kier molecular flexibility index (Phi) is 5.49. The van der Waals surface area contributed by atoms with Gasteiger partial charge in [0.05, 0.1) is 6.61 Å². The molecule has 2 aromatic carbocycles. The van der Waals surface area contributed by atoms with E-state index >= 15 is 0 Å². The smallest absolute Gasteiger partial charge is 0.220 e. The summed E-state index contributed by atoms with van der Waals surface area (Å²) in [5.41, 5.74) is 2.96. The SMILES string of the molecule is Cc1ccc(C(=O)CCC(=O)NCC2COc3ccccc3C2)cc1. The summed E-state index contributed by atoms with van der Waals surface area (Å²) in [4.78, 5) is 24.1. The number of aryl methyl sites for hydroxylation is 1. The van der Waals surface area contributed by atoms with Gasteiger partial charge in [0.2, 0.25) is 5.91 Å². The van der Waals surface area contributed by atoms with Crippen LogP contribution in [0, 0.1) is 12.8 Å². The first-order valence-electron chi connectivity index (χ1n) is 8.69. The number of amides is 1. The molecule has 3 rings (SSSR count). The second kappa shape index (κ2) is 7.97. The summed E-state index contributed by atoms with van der Waals surface area (Å²) in [5, 5.41) is 2.93. The average Bonchev–Trinajstić information content (AvgIpc) is 2.65. The molecule has 130 valence electrons. The van der Waals surface area contributed by atoms with Gasteiger partial charge in [-0.25, -0.2) is 0 Å². The number of carbonyl (C=O) groups excluding carboxylic acids is 2. The first kappa shape index (κ1) is 17.2. The molecule has 1 aliphatic heterocycles. The molecule has 0 saturated heterocycles. The third kappa shape index (κ3) is 4.69. The first-order valence-corrected chi connectivity index (χ1v) is 8.69. The molecule has 1 atom stereocenters. The van der Waals surface area contributed by atoms with Crippen molar-refractivity contribution < 1.29 is 14.3 Å². The number of hydrogen-bond acceptors (Lipinski definition) is 3. The van der Waals surface area contributed by atoms with Gasteiger partial charge in [0, 0.05) is 30.9 Å². The molecule has 4 nitrogen and oxygen atoms in total. The van der Waals surface area contributed by atoms with Crippen LogP contribution in [0.2, 0.25) is 0 Å². The number of Topliss-reactive ketones (excluding diaryl/α,β-unsaturated/α-hetero) is 1. The van der Waals surface area contributed by atoms with Crippen LogP contribution in [0.4, 0.5) is 0 Å². The minimum Gasteiger partial charge on any atom is -0.493 e. The Hall–Kier alpha value is -2.62. The van der Waals surface area contributed by atoms with E-state index in [9.17, 15) is 9.59 Å². The van der Waals surface area contributed by atoms with Crippen molar-refractivity contribution in [1.29, 1.82) is 0 Å². The summed E-state index contributed by atoms with van der Waals surface area (Å²) in [5.74, 6) is 1.13. The highest BCUT2D eigenvalue weighted by Crippen LogP contribution is 2.26. The first-order chi connectivity index (χ1) is 12.1. The lowest BCUT2D eigenvalue weighted by Gasteiger charge is -2.25. The number of ketones is 1. The molecule has 2 aromatic rings. The molecule has 1 aliphatic rings. The van der Waals surface area contributed by atoms with E-state index in [-0.39, 0.29) is 30.4 Å². The fourth-order valence-corrected chi connectivity index (χ4v) is 2.98. The van der Waals surface area contributed by atoms with Crippen LogP contribution in [0.5, 0.6) is 5.75 Å². The van der Waals surface area contributed by atoms with Gasteiger partial charge in [-0.3, -0.25) is 9.59 Å². The molecule has 0 spiro atoms. The Morgan fingerprint density at radius 1 is 1.08 bits per heavy atom. The quantitative estimate of drug-likeness (QED) is 0.823. The third-order valence-electron chi connectivity index (χ3n) is 4.50. The van der Waals surface area contributed by atoms with Crippen molar-refractivity contribution in [2.45, 2.75) is 26.2 Å². The predicted octanol–water partition coefficient (Wildman–Crippen LogP) is 3.33. The zero-order valence-electron chi connectivity index (χ0n) is 14.5. The second-order valence-corrected chi connectivity index (χ2v) is 6.58. The molecular weight excluding hydrogens is 314 g/mol. The van der Waals surface area contributed by atoms with Crippen LogP contribution in [0.1, 0.15) is 34.3 Å². The van der Waals surface area contributed by atoms with Crippen LogP contribution in [0.15, 0.2) is 48.5 Å². The summed E-state index contributed by atoms with van der Waals surface area (Å²) < 4.78 is 5.73. The molecule has 1 N–H and O–H groups in total. The second-order valence-electron chi connectivity index (χ2n) is 6.58. The van der Waals surface area contributed by atoms with Crippen LogP contribution < -0.4 is 10.1 Å². The summed E-state index contributed by atoms with van der Waals surface area (Å²) in [6.07, 6.45) is 1.36. The molecule has 1 unspecified atom stereocenters. The number of hydrogen-bond donors (Lipinski definition) is 1. The van der Waals surface area contributed by atoms with Crippen molar-refractivity contribution in [3.05, 3.63) is 65.2 Å². The van der Waals surface area contributed by atoms with Gasteiger partial charge in [0.15, 0.2) is 5.78 Å². The number of nitrogens with one attached hydrogen (secondary N) is 1. The molecule has 0 fully saturated rings. The van der Waals surface area contributed by atoms with Crippen LogP contribution in [-0.4, -0.2) is 24.8 Å². The monoisotopic (exact) mass is 337 g/mol. The van der Waals surface area contributed by atoms with Gasteiger partial charge < -0.3 is 10.1 Å². The third-order valence-corrected chi connectivity index (χ3v) is 4.50. The number of para-hydroxylation sites is 1. The van der Waals surface area contributed by atoms with E-state index < -0.39 is 0 Å². The molecule has 1 heterocycles. The van der Waals surface area contributed by atoms with Crippen molar-refractivity contribution in [2.24, 2.45) is 5.92 Å². The van der Waals surface area contributed by atoms with E-state index in [0.717, 1.165) is 17.7 Å². The number of carbonyl (C=O) groups is 2. The standard InChI is InChI=1S/C21H23NO3/c1-15-6-8-17(9-7-15)19(23)10-11-21(24)22-13-16-12-18-4-2-3-5-20(18)25-14-16/h2-9,16H,10-14H2,1H3,(H,22,24). The highest BCUT2D eigenvalue weighted by molar-refractivity contribution is 5.97. The fourth-order valence-electron chi connectivity index (χ4n) is 2.98. The summed E-state index contributed by atoms with van der Waals surface area (Å²) in [7, 11) is 0. The molecule has 0 saturated carbocycles. The Morgan fingerprint density at radius 2 is 1.84 bits per heavy atom. The van der Waals surface area contributed by atoms with E-state index in [1.807, 2.05) is 49.4 Å². The van der Waals surface area contributed by atoms with E-state index in [1.54, 1.807) is 0 Å². The number of fused-ring (bicyclic) bond motifs is 1. The minimum absolute atomic E-state index is 0.00470. The highest BCUT2D eigenvalue weighted by Gasteiger charge is 2.20. The van der Waals surface area contributed by atoms with Crippen LogP contribution in [0.25, 0.3) is 0 Å². The molecule has 4 heteroatoms. The lowest BCUT2D eigenvalue weighted by molar-refractivity contribution is -0.121. The minimum atomic E-state index is -0.0840. The Morgan fingerprint density at radius 3 is 2.64 bits per heavy atom. The van der Waals surface area contributed by atoms with Crippen LogP contribution in [0.3, 0.4) is 0 Å². The molecule has 0 bridgehead atoms. The Balaban J connectivity index is 1.41. The zero-order valence-corrected chi connectivity index (χ0v) is 14.5. The number of benzene rings is 2. The largest absolute Gasteiger partial charge is 0.493 e. The van der Waals surface area contributed by atoms with Crippen molar-refractivity contribution in [3.8, 4) is 5.75 Å². The van der Waals surface area contributed by atoms with E-state index in [2.05, 4.69) is 11.4 Å². The topological polar surface area (TPSA) is 55.4 Å².